The standard InChI is InChI=1S/C14H24N2O/c1-4-15-9-13-5-6-14(16-10-13)11-17-8-7-12(2)3/h5-6,10,12,15H,4,7-9,11H2,1-3H3. The summed E-state index contributed by atoms with van der Waals surface area (Å²) in [6, 6.07) is 4.15. The normalized spacial score (nSPS) is 11.1. The number of aromatic nitrogens is 1. The van der Waals surface area contributed by atoms with E-state index >= 15 is 0 Å². The maximum Gasteiger partial charge on any atom is 0.0887 e. The molecular formula is C14H24N2O. The van der Waals surface area contributed by atoms with Crippen molar-refractivity contribution in [2.45, 2.75) is 40.3 Å². The largest absolute Gasteiger partial charge is 0.375 e. The Morgan fingerprint density at radius 2 is 2.18 bits per heavy atom. The lowest BCUT2D eigenvalue weighted by Crippen LogP contribution is -2.12. The monoisotopic (exact) mass is 236 g/mol. The fourth-order valence-electron chi connectivity index (χ4n) is 1.41. The number of pyridine rings is 1. The molecule has 0 amide bonds. The third kappa shape index (κ3) is 6.39. The second-order valence-electron chi connectivity index (χ2n) is 4.67. The maximum atomic E-state index is 5.57. The van der Waals surface area contributed by atoms with Crippen LogP contribution in [0, 0.1) is 5.92 Å². The first-order valence-electron chi connectivity index (χ1n) is 6.44. The summed E-state index contributed by atoms with van der Waals surface area (Å²) in [5.41, 5.74) is 2.23. The van der Waals surface area contributed by atoms with Gasteiger partial charge in [-0.3, -0.25) is 4.98 Å². The van der Waals surface area contributed by atoms with Crippen molar-refractivity contribution in [2.75, 3.05) is 13.2 Å². The van der Waals surface area contributed by atoms with Crippen molar-refractivity contribution in [1.29, 1.82) is 0 Å². The van der Waals surface area contributed by atoms with Crippen molar-refractivity contribution in [3.63, 3.8) is 0 Å². The molecule has 0 spiro atoms. The van der Waals surface area contributed by atoms with Gasteiger partial charge in [0.1, 0.15) is 0 Å². The van der Waals surface area contributed by atoms with Crippen LogP contribution < -0.4 is 5.32 Å². The van der Waals surface area contributed by atoms with Gasteiger partial charge >= 0.3 is 0 Å². The summed E-state index contributed by atoms with van der Waals surface area (Å²) in [5.74, 6) is 0.699. The molecule has 0 saturated carbocycles. The van der Waals surface area contributed by atoms with Gasteiger partial charge in [0.15, 0.2) is 0 Å². The second kappa shape index (κ2) is 8.20. The molecule has 0 aliphatic rings. The second-order valence-corrected chi connectivity index (χ2v) is 4.67. The fraction of sp³-hybridized carbons (Fsp3) is 0.643. The van der Waals surface area contributed by atoms with Gasteiger partial charge in [-0.25, -0.2) is 0 Å². The molecule has 0 unspecified atom stereocenters. The lowest BCUT2D eigenvalue weighted by atomic mass is 10.1. The highest BCUT2D eigenvalue weighted by molar-refractivity contribution is 5.13. The smallest absolute Gasteiger partial charge is 0.0887 e. The van der Waals surface area contributed by atoms with E-state index in [0.717, 1.165) is 31.8 Å². The summed E-state index contributed by atoms with van der Waals surface area (Å²) in [5, 5.41) is 3.28. The fourth-order valence-corrected chi connectivity index (χ4v) is 1.41. The Hall–Kier alpha value is -0.930. The van der Waals surface area contributed by atoms with Crippen LogP contribution in [0.4, 0.5) is 0 Å². The Morgan fingerprint density at radius 1 is 1.35 bits per heavy atom. The summed E-state index contributed by atoms with van der Waals surface area (Å²) in [7, 11) is 0. The molecule has 0 atom stereocenters. The van der Waals surface area contributed by atoms with Crippen molar-refractivity contribution in [2.24, 2.45) is 5.92 Å². The van der Waals surface area contributed by atoms with E-state index < -0.39 is 0 Å². The zero-order valence-electron chi connectivity index (χ0n) is 11.2. The molecule has 0 aliphatic carbocycles. The van der Waals surface area contributed by atoms with Crippen LogP contribution in [0.2, 0.25) is 0 Å². The molecule has 0 saturated heterocycles. The van der Waals surface area contributed by atoms with Gasteiger partial charge < -0.3 is 10.1 Å². The van der Waals surface area contributed by atoms with Crippen LogP contribution in [-0.2, 0) is 17.9 Å². The Balaban J connectivity index is 2.25. The van der Waals surface area contributed by atoms with Gasteiger partial charge in [0.05, 0.1) is 12.3 Å². The molecule has 3 heteroatoms. The summed E-state index contributed by atoms with van der Waals surface area (Å²) >= 11 is 0. The highest BCUT2D eigenvalue weighted by atomic mass is 16.5. The minimum absolute atomic E-state index is 0.619. The van der Waals surface area contributed by atoms with Crippen molar-refractivity contribution < 1.29 is 4.74 Å². The lowest BCUT2D eigenvalue weighted by Gasteiger charge is -2.07. The molecule has 3 nitrogen and oxygen atoms in total. The zero-order valence-corrected chi connectivity index (χ0v) is 11.2. The number of nitrogens with one attached hydrogen (secondary N) is 1. The lowest BCUT2D eigenvalue weighted by molar-refractivity contribution is 0.108. The molecule has 1 rings (SSSR count). The molecule has 1 aromatic heterocycles. The summed E-state index contributed by atoms with van der Waals surface area (Å²) in [6.45, 7) is 9.82. The minimum Gasteiger partial charge on any atom is -0.375 e. The van der Waals surface area contributed by atoms with E-state index in [0.29, 0.717) is 12.5 Å². The highest BCUT2D eigenvalue weighted by Crippen LogP contribution is 2.04. The Labute approximate surface area is 105 Å². The Bertz CT molecular complexity index is 296. The summed E-state index contributed by atoms with van der Waals surface area (Å²) < 4.78 is 5.57. The van der Waals surface area contributed by atoms with Gasteiger partial charge in [-0.15, -0.1) is 0 Å². The minimum atomic E-state index is 0.619. The molecule has 96 valence electrons. The van der Waals surface area contributed by atoms with Crippen LogP contribution in [0.15, 0.2) is 18.3 Å². The molecule has 0 aliphatic heterocycles. The van der Waals surface area contributed by atoms with E-state index in [1.54, 1.807) is 0 Å². The summed E-state index contributed by atoms with van der Waals surface area (Å²) in [6.07, 6.45) is 3.03. The molecule has 0 fully saturated rings. The van der Waals surface area contributed by atoms with Crippen LogP contribution >= 0.6 is 0 Å². The Morgan fingerprint density at radius 3 is 2.76 bits per heavy atom. The third-order valence-corrected chi connectivity index (χ3v) is 2.55. The predicted molar refractivity (Wildman–Crippen MR) is 70.7 cm³/mol. The number of rotatable bonds is 8. The SMILES string of the molecule is CCNCc1ccc(COCCC(C)C)nc1. The molecule has 1 aromatic rings. The topological polar surface area (TPSA) is 34.1 Å². The first-order valence-corrected chi connectivity index (χ1v) is 6.44. The van der Waals surface area contributed by atoms with Crippen molar-refractivity contribution in [1.82, 2.24) is 10.3 Å². The van der Waals surface area contributed by atoms with Gasteiger partial charge in [-0.1, -0.05) is 26.8 Å². The molecule has 17 heavy (non-hydrogen) atoms. The van der Waals surface area contributed by atoms with Crippen LogP contribution in [0.25, 0.3) is 0 Å². The predicted octanol–water partition coefficient (Wildman–Crippen LogP) is 2.75. The molecule has 0 aromatic carbocycles. The third-order valence-electron chi connectivity index (χ3n) is 2.55. The first-order chi connectivity index (χ1) is 8.22. The first kappa shape index (κ1) is 14.1. The van der Waals surface area contributed by atoms with Crippen molar-refractivity contribution in [3.05, 3.63) is 29.6 Å². The van der Waals surface area contributed by atoms with E-state index in [1.807, 2.05) is 12.3 Å². The molecular weight excluding hydrogens is 212 g/mol. The van der Waals surface area contributed by atoms with Crippen LogP contribution in [0.1, 0.15) is 38.4 Å². The highest BCUT2D eigenvalue weighted by Gasteiger charge is 1.98. The zero-order chi connectivity index (χ0) is 12.5. The van der Waals surface area contributed by atoms with E-state index in [1.165, 1.54) is 5.56 Å². The van der Waals surface area contributed by atoms with E-state index in [2.05, 4.69) is 37.1 Å². The number of hydrogen-bond donors (Lipinski definition) is 1. The van der Waals surface area contributed by atoms with Gasteiger partial charge in [0.2, 0.25) is 0 Å². The van der Waals surface area contributed by atoms with Gasteiger partial charge in [0, 0.05) is 19.3 Å². The van der Waals surface area contributed by atoms with Gasteiger partial charge in [-0.2, -0.15) is 0 Å². The van der Waals surface area contributed by atoms with E-state index in [9.17, 15) is 0 Å². The van der Waals surface area contributed by atoms with E-state index in [4.69, 9.17) is 4.74 Å². The molecule has 0 radical (unpaired) electrons. The quantitative estimate of drug-likeness (QED) is 0.705. The number of nitrogens with zero attached hydrogens (tertiary/aromatic N) is 1. The van der Waals surface area contributed by atoms with Crippen LogP contribution in [0.5, 0.6) is 0 Å². The maximum absolute atomic E-state index is 5.57. The number of ether oxygens (including phenoxy) is 1. The van der Waals surface area contributed by atoms with Crippen LogP contribution in [-0.4, -0.2) is 18.1 Å². The van der Waals surface area contributed by atoms with Gasteiger partial charge in [-0.05, 0) is 30.5 Å². The average molecular weight is 236 g/mol. The van der Waals surface area contributed by atoms with Crippen molar-refractivity contribution >= 4 is 0 Å². The van der Waals surface area contributed by atoms with Crippen LogP contribution in [0.3, 0.4) is 0 Å². The van der Waals surface area contributed by atoms with E-state index in [-0.39, 0.29) is 0 Å². The summed E-state index contributed by atoms with van der Waals surface area (Å²) in [4.78, 5) is 4.38. The average Bonchev–Trinajstić information content (AvgIpc) is 2.33. The number of hydrogen-bond acceptors (Lipinski definition) is 3. The molecule has 1 heterocycles. The molecule has 0 bridgehead atoms. The molecule has 1 N–H and O–H groups in total. The van der Waals surface area contributed by atoms with Crippen molar-refractivity contribution in [3.8, 4) is 0 Å². The Kier molecular flexibility index (Phi) is 6.82. The van der Waals surface area contributed by atoms with Gasteiger partial charge in [0.25, 0.3) is 0 Å².